The molecule has 2 aromatic carbocycles. The van der Waals surface area contributed by atoms with Crippen molar-refractivity contribution in [3.05, 3.63) is 77.9 Å². The third-order valence-electron chi connectivity index (χ3n) is 3.23. The van der Waals surface area contributed by atoms with E-state index in [1.807, 2.05) is 0 Å². The normalized spacial score (nSPS) is 10.6. The van der Waals surface area contributed by atoms with Gasteiger partial charge in [0.15, 0.2) is 5.78 Å². The first-order valence-electron chi connectivity index (χ1n) is 7.57. The molecule has 7 heteroatoms. The van der Waals surface area contributed by atoms with Crippen molar-refractivity contribution in [2.75, 3.05) is 0 Å². The van der Waals surface area contributed by atoms with Crippen molar-refractivity contribution in [1.82, 2.24) is 4.98 Å². The topological polar surface area (TPSA) is 50.2 Å². The number of carbonyl (C=O) groups excluding carboxylic acids is 1. The van der Waals surface area contributed by atoms with Crippen LogP contribution in [-0.4, -0.2) is 15.9 Å². The molecule has 0 amide bonds. The summed E-state index contributed by atoms with van der Waals surface area (Å²) in [6, 6.07) is 10.1. The van der Waals surface area contributed by atoms with E-state index in [-0.39, 0.29) is 43.0 Å². The Hall–Kier alpha value is -2.50. The van der Waals surface area contributed by atoms with Gasteiger partial charge in [0.25, 0.3) is 0 Å². The molecule has 1 heterocycles. The molecule has 0 atom stereocenters. The number of hydrogen-bond donors (Lipinski definition) is 1. The number of aliphatic hydroxyl groups excluding tert-OH is 1. The minimum Gasteiger partial charge on any atom is -0.512 e. The van der Waals surface area contributed by atoms with Crippen molar-refractivity contribution in [3.63, 3.8) is 0 Å². The Labute approximate surface area is 167 Å². The Morgan fingerprint density at radius 2 is 1.81 bits per heavy atom. The van der Waals surface area contributed by atoms with Gasteiger partial charge in [0.05, 0.1) is 5.76 Å². The number of halogens is 3. The number of pyridine rings is 1. The summed E-state index contributed by atoms with van der Waals surface area (Å²) in [5, 5.41) is 9.55. The maximum Gasteiger partial charge on any atom is 0.155 e. The van der Waals surface area contributed by atoms with Gasteiger partial charge in [-0.3, -0.25) is 13.6 Å². The van der Waals surface area contributed by atoms with Crippen LogP contribution < -0.4 is 0 Å². The van der Waals surface area contributed by atoms with E-state index in [4.69, 9.17) is 5.11 Å². The maximum absolute atomic E-state index is 13.8. The zero-order valence-corrected chi connectivity index (χ0v) is 16.8. The van der Waals surface area contributed by atoms with Gasteiger partial charge in [0.1, 0.15) is 5.82 Å². The molecule has 0 aliphatic carbocycles. The number of nitrogens with zero attached hydrogens (tertiary/aromatic N) is 1. The largest absolute Gasteiger partial charge is 0.512 e. The van der Waals surface area contributed by atoms with Crippen LogP contribution in [-0.2, 0) is 24.9 Å². The molecule has 3 rings (SSSR count). The fraction of sp³-hybridized carbons (Fsp3) is 0.100. The SMILES string of the molecule is CC(=O)/C=C(/C)O.Fc1c[c-]c(-c2nccc3cc(F)ccc23)c(F)c1.[Ir]. The quantitative estimate of drug-likeness (QED) is 0.273. The third kappa shape index (κ3) is 6.31. The van der Waals surface area contributed by atoms with Crippen LogP contribution in [0.5, 0.6) is 0 Å². The zero-order valence-electron chi connectivity index (χ0n) is 14.4. The number of ketones is 1. The summed E-state index contributed by atoms with van der Waals surface area (Å²) in [4.78, 5) is 14.1. The second-order valence-electron chi connectivity index (χ2n) is 5.46. The summed E-state index contributed by atoms with van der Waals surface area (Å²) in [6.45, 7) is 2.85. The van der Waals surface area contributed by atoms with Crippen molar-refractivity contribution in [2.24, 2.45) is 0 Å². The van der Waals surface area contributed by atoms with Gasteiger partial charge in [0, 0.05) is 44.0 Å². The minimum absolute atomic E-state index is 0. The first kappa shape index (κ1) is 22.5. The van der Waals surface area contributed by atoms with Crippen molar-refractivity contribution in [1.29, 1.82) is 0 Å². The van der Waals surface area contributed by atoms with E-state index < -0.39 is 11.6 Å². The van der Waals surface area contributed by atoms with Gasteiger partial charge in [-0.15, -0.1) is 12.1 Å². The van der Waals surface area contributed by atoms with E-state index in [1.54, 1.807) is 6.07 Å². The molecule has 0 saturated carbocycles. The van der Waals surface area contributed by atoms with E-state index in [2.05, 4.69) is 11.1 Å². The Bertz CT molecular complexity index is 986. The molecule has 0 spiro atoms. The molecule has 3 aromatic rings. The van der Waals surface area contributed by atoms with Crippen LogP contribution in [0.1, 0.15) is 13.8 Å². The molecule has 0 fully saturated rings. The Morgan fingerprint density at radius 3 is 2.37 bits per heavy atom. The van der Waals surface area contributed by atoms with E-state index in [1.165, 1.54) is 44.3 Å². The van der Waals surface area contributed by atoms with Crippen LogP contribution in [0.25, 0.3) is 22.0 Å². The number of fused-ring (bicyclic) bond motifs is 1. The molecule has 0 saturated heterocycles. The average Bonchev–Trinajstić information content (AvgIpc) is 2.53. The standard InChI is InChI=1S/C15H7F3N.C5H8O2.Ir/c16-10-1-3-12-9(7-10)5-6-19-15(12)13-4-2-11(17)8-14(13)18;1-4(6)3-5(2)7;/h1-3,5-8H;3,6H,1-2H3;/q-1;;/b;4-3-;. The second kappa shape index (κ2) is 9.99. The van der Waals surface area contributed by atoms with E-state index in [9.17, 15) is 18.0 Å². The molecule has 1 N–H and O–H groups in total. The second-order valence-corrected chi connectivity index (χ2v) is 5.46. The van der Waals surface area contributed by atoms with Gasteiger partial charge in [-0.1, -0.05) is 17.7 Å². The van der Waals surface area contributed by atoms with Crippen molar-refractivity contribution in [2.45, 2.75) is 13.8 Å². The molecule has 1 radical (unpaired) electrons. The maximum atomic E-state index is 13.8. The van der Waals surface area contributed by atoms with Crippen LogP contribution in [0.4, 0.5) is 13.2 Å². The molecule has 1 aromatic heterocycles. The van der Waals surface area contributed by atoms with Gasteiger partial charge in [0.2, 0.25) is 0 Å². The van der Waals surface area contributed by atoms with Crippen LogP contribution in [0.3, 0.4) is 0 Å². The first-order valence-corrected chi connectivity index (χ1v) is 7.57. The van der Waals surface area contributed by atoms with Crippen molar-refractivity contribution in [3.8, 4) is 11.3 Å². The van der Waals surface area contributed by atoms with Crippen LogP contribution in [0.15, 0.2) is 54.4 Å². The number of aromatic nitrogens is 1. The predicted octanol–water partition coefficient (Wildman–Crippen LogP) is 5.15. The number of rotatable bonds is 2. The molecule has 0 bridgehead atoms. The molecular formula is C20H15F3IrNO2-. The Balaban J connectivity index is 0.000000395. The monoisotopic (exact) mass is 551 g/mol. The summed E-state index contributed by atoms with van der Waals surface area (Å²) in [5.74, 6) is -1.89. The molecule has 0 aliphatic heterocycles. The van der Waals surface area contributed by atoms with Crippen molar-refractivity contribution >= 4 is 16.6 Å². The summed E-state index contributed by atoms with van der Waals surface area (Å²) in [7, 11) is 0. The smallest absolute Gasteiger partial charge is 0.155 e. The number of aliphatic hydroxyl groups is 1. The number of hydrogen-bond acceptors (Lipinski definition) is 3. The van der Waals surface area contributed by atoms with Gasteiger partial charge < -0.3 is 10.1 Å². The predicted molar refractivity (Wildman–Crippen MR) is 93.0 cm³/mol. The van der Waals surface area contributed by atoms with Crippen LogP contribution >= 0.6 is 0 Å². The Kier molecular flexibility index (Phi) is 8.34. The van der Waals surface area contributed by atoms with Crippen LogP contribution in [0, 0.1) is 23.5 Å². The van der Waals surface area contributed by atoms with E-state index in [0.717, 1.165) is 12.1 Å². The minimum atomic E-state index is -0.746. The fourth-order valence-corrected chi connectivity index (χ4v) is 2.27. The van der Waals surface area contributed by atoms with Gasteiger partial charge >= 0.3 is 0 Å². The van der Waals surface area contributed by atoms with Crippen LogP contribution in [0.2, 0.25) is 0 Å². The van der Waals surface area contributed by atoms with Gasteiger partial charge in [-0.05, 0) is 48.5 Å². The molecule has 3 nitrogen and oxygen atoms in total. The Morgan fingerprint density at radius 1 is 1.11 bits per heavy atom. The number of benzene rings is 2. The van der Waals surface area contributed by atoms with Gasteiger partial charge in [-0.25, -0.2) is 4.39 Å². The molecular weight excluding hydrogens is 535 g/mol. The van der Waals surface area contributed by atoms with Gasteiger partial charge in [-0.2, -0.15) is 0 Å². The van der Waals surface area contributed by atoms with Crippen molar-refractivity contribution < 1.29 is 43.2 Å². The summed E-state index contributed by atoms with van der Waals surface area (Å²) >= 11 is 0. The average molecular weight is 551 g/mol. The third-order valence-corrected chi connectivity index (χ3v) is 3.23. The molecule has 143 valence electrons. The zero-order chi connectivity index (χ0) is 19.3. The molecule has 0 aliphatic rings. The molecule has 27 heavy (non-hydrogen) atoms. The van der Waals surface area contributed by atoms with E-state index in [0.29, 0.717) is 16.5 Å². The molecule has 0 unspecified atom stereocenters. The fourth-order valence-electron chi connectivity index (χ4n) is 2.27. The summed E-state index contributed by atoms with van der Waals surface area (Å²) in [6.07, 6.45) is 2.62. The number of allylic oxidation sites excluding steroid dienone is 2. The summed E-state index contributed by atoms with van der Waals surface area (Å²) < 4.78 is 39.8. The summed E-state index contributed by atoms with van der Waals surface area (Å²) in [5.41, 5.74) is 0.383. The number of carbonyl (C=O) groups is 1. The van der Waals surface area contributed by atoms with E-state index >= 15 is 0 Å². The first-order chi connectivity index (χ1) is 12.3.